The van der Waals surface area contributed by atoms with Crippen molar-refractivity contribution < 1.29 is 62.6 Å². The molecule has 0 aromatic heterocycles. The normalized spacial score (nSPS) is 23.2. The Kier molecular flexibility index (Phi) is 8.33. The van der Waals surface area contributed by atoms with Crippen LogP contribution in [0.15, 0.2) is 48.5 Å². The highest BCUT2D eigenvalue weighted by Gasteiger charge is 2.53. The highest BCUT2D eigenvalue weighted by atomic mass is 16.7. The molecule has 1 fully saturated rings. The van der Waals surface area contributed by atoms with Crippen LogP contribution in [0.1, 0.15) is 43.4 Å². The molecule has 5 atom stereocenters. The van der Waals surface area contributed by atoms with Gasteiger partial charge in [0.05, 0.1) is 12.7 Å². The van der Waals surface area contributed by atoms with Crippen molar-refractivity contribution in [2.24, 2.45) is 0 Å². The third-order valence-electron chi connectivity index (χ3n) is 5.55. The Hall–Kier alpha value is -4.45. The van der Waals surface area contributed by atoms with Crippen molar-refractivity contribution in [1.82, 2.24) is 0 Å². The van der Waals surface area contributed by atoms with Crippen LogP contribution >= 0.6 is 0 Å². The van der Waals surface area contributed by atoms with Crippen molar-refractivity contribution in [2.75, 3.05) is 13.7 Å². The first kappa shape index (κ1) is 24.6. The molecule has 1 aliphatic heterocycles. The van der Waals surface area contributed by atoms with Crippen molar-refractivity contribution in [2.45, 2.75) is 58.3 Å². The molecule has 1 saturated heterocycles. The molecule has 0 saturated carbocycles. The molecule has 2 aromatic carbocycles. The van der Waals surface area contributed by atoms with Gasteiger partial charge in [0.1, 0.15) is 18.5 Å². The maximum Gasteiger partial charge on any atom is 0.337 e. The molecule has 1 unspecified atom stereocenters. The van der Waals surface area contributed by atoms with Crippen molar-refractivity contribution in [1.29, 1.82) is 0 Å². The molecule has 2 aromatic rings. The molecule has 40 heavy (non-hydrogen) atoms. The molecule has 0 N–H and O–H groups in total. The molecule has 1 aliphatic rings. The third kappa shape index (κ3) is 8.03. The van der Waals surface area contributed by atoms with Crippen LogP contribution in [-0.4, -0.2) is 74.3 Å². The predicted octanol–water partition coefficient (Wildman–Crippen LogP) is 2.60. The molecule has 0 bridgehead atoms. The summed E-state index contributed by atoms with van der Waals surface area (Å²) in [6.07, 6.45) is -7.87. The van der Waals surface area contributed by atoms with E-state index in [-0.39, 0.29) is 5.75 Å². The van der Waals surface area contributed by atoms with E-state index in [0.717, 1.165) is 11.1 Å². The number of hydrogen-bond acceptors (Lipinski definition) is 12. The Morgan fingerprint density at radius 3 is 1.80 bits per heavy atom. The van der Waals surface area contributed by atoms with E-state index in [1.165, 1.54) is 7.11 Å². The van der Waals surface area contributed by atoms with E-state index >= 15 is 0 Å². The lowest BCUT2D eigenvalue weighted by Gasteiger charge is -2.43. The third-order valence-corrected chi connectivity index (χ3v) is 5.55. The van der Waals surface area contributed by atoms with Crippen LogP contribution in [0.5, 0.6) is 5.75 Å². The molecule has 0 aliphatic carbocycles. The van der Waals surface area contributed by atoms with Crippen molar-refractivity contribution >= 4 is 29.8 Å². The van der Waals surface area contributed by atoms with E-state index in [2.05, 4.69) is 0 Å². The fraction of sp³-hybridized carbons (Fsp3) is 0.393. The summed E-state index contributed by atoms with van der Waals surface area (Å²) in [6, 6.07) is 13.1. The molecule has 0 spiro atoms. The molecular formula is C28H30O12. The van der Waals surface area contributed by atoms with Crippen molar-refractivity contribution in [3.63, 3.8) is 0 Å². The number of carbonyl (C=O) groups excluding carboxylic acids is 5. The largest absolute Gasteiger partial charge is 0.465 e. The average molecular weight is 563 g/mol. The summed E-state index contributed by atoms with van der Waals surface area (Å²) in [5.41, 5.74) is 1.87. The van der Waals surface area contributed by atoms with E-state index in [4.69, 9.17) is 38.6 Å². The van der Waals surface area contributed by atoms with E-state index < -0.39 is 94.8 Å². The van der Waals surface area contributed by atoms with Gasteiger partial charge in [0.25, 0.3) is 0 Å². The highest BCUT2D eigenvalue weighted by molar-refractivity contribution is 5.90. The average Bonchev–Trinajstić information content (AvgIpc) is 3.05. The zero-order chi connectivity index (χ0) is 32.2. The minimum atomic E-state index is -1.66. The highest BCUT2D eigenvalue weighted by Crippen LogP contribution is 2.32. The second-order valence-corrected chi connectivity index (χ2v) is 8.30. The van der Waals surface area contributed by atoms with E-state index in [1.807, 2.05) is 0 Å². The van der Waals surface area contributed by atoms with Gasteiger partial charge in [-0.25, -0.2) is 4.79 Å². The summed E-state index contributed by atoms with van der Waals surface area (Å²) in [7, 11) is 1.28. The van der Waals surface area contributed by atoms with Gasteiger partial charge in [-0.3, -0.25) is 19.2 Å². The van der Waals surface area contributed by atoms with Crippen LogP contribution in [-0.2, 0) is 47.6 Å². The topological polar surface area (TPSA) is 150 Å². The second-order valence-electron chi connectivity index (χ2n) is 8.30. The first-order valence-electron chi connectivity index (χ1n) is 14.5. The molecule has 0 amide bonds. The fourth-order valence-corrected chi connectivity index (χ4v) is 3.92. The van der Waals surface area contributed by atoms with Crippen molar-refractivity contribution in [3.05, 3.63) is 54.1 Å². The zero-order valence-electron chi connectivity index (χ0n) is 25.4. The summed E-state index contributed by atoms with van der Waals surface area (Å²) in [4.78, 5) is 60.0. The lowest BCUT2D eigenvalue weighted by Crippen LogP contribution is -2.63. The molecular weight excluding hydrogens is 528 g/mol. The maximum absolute atomic E-state index is 12.2. The molecule has 12 heteroatoms. The second kappa shape index (κ2) is 13.6. The zero-order valence-corrected chi connectivity index (χ0v) is 21.4. The Morgan fingerprint density at radius 1 is 0.725 bits per heavy atom. The van der Waals surface area contributed by atoms with E-state index in [9.17, 15) is 24.0 Å². The number of hydrogen-bond donors (Lipinski definition) is 0. The monoisotopic (exact) mass is 562 g/mol. The Morgan fingerprint density at radius 2 is 1.25 bits per heavy atom. The van der Waals surface area contributed by atoms with E-state index in [1.54, 1.807) is 48.5 Å². The Labute approximate surface area is 236 Å². The lowest BCUT2D eigenvalue weighted by molar-refractivity contribution is -0.288. The van der Waals surface area contributed by atoms with Crippen molar-refractivity contribution in [3.8, 4) is 16.9 Å². The van der Waals surface area contributed by atoms with Crippen LogP contribution in [0.3, 0.4) is 0 Å². The summed E-state index contributed by atoms with van der Waals surface area (Å²) >= 11 is 0. The van der Waals surface area contributed by atoms with E-state index in [0.29, 0.717) is 5.56 Å². The Bertz CT molecular complexity index is 1300. The smallest absolute Gasteiger partial charge is 0.337 e. The maximum atomic E-state index is 12.2. The molecule has 12 nitrogen and oxygen atoms in total. The van der Waals surface area contributed by atoms with Crippen LogP contribution in [0, 0.1) is 0 Å². The number of esters is 5. The molecule has 214 valence electrons. The van der Waals surface area contributed by atoms with Gasteiger partial charge in [-0.15, -0.1) is 0 Å². The lowest BCUT2D eigenvalue weighted by atomic mass is 9.98. The van der Waals surface area contributed by atoms with Gasteiger partial charge in [-0.1, -0.05) is 24.3 Å². The van der Waals surface area contributed by atoms with Gasteiger partial charge in [0.2, 0.25) is 12.4 Å². The van der Waals surface area contributed by atoms with Crippen LogP contribution in [0.25, 0.3) is 11.1 Å². The fourth-order valence-electron chi connectivity index (χ4n) is 3.92. The standard InChI is InChI=1S/C28H30O12/c1-15(29)35-14-23-24(36-16(2)30)25(37-17(3)31)26(38-18(4)32)28(40-23)39-22-12-10-20(11-13-22)19-6-8-21(9-7-19)27(33)34-5/h6-13,23-26,28H,14H2,1-5H3/t23-,24-,25+,26+,28?/m1/s1/i1D,2D,3D,4D. The molecule has 0 radical (unpaired) electrons. The van der Waals surface area contributed by atoms with Gasteiger partial charge in [-0.2, -0.15) is 0 Å². The minimum Gasteiger partial charge on any atom is -0.465 e. The Balaban J connectivity index is 1.95. The number of methoxy groups -OCH3 is 1. The number of rotatable bonds is 9. The first-order chi connectivity index (χ1) is 21.1. The minimum absolute atomic E-state index is 0.172. The van der Waals surface area contributed by atoms with Gasteiger partial charge in [0, 0.05) is 33.1 Å². The van der Waals surface area contributed by atoms with Crippen LogP contribution in [0.4, 0.5) is 0 Å². The van der Waals surface area contributed by atoms with Gasteiger partial charge in [-0.05, 0) is 35.4 Å². The molecule has 1 heterocycles. The summed E-state index contributed by atoms with van der Waals surface area (Å²) < 4.78 is 66.7. The van der Waals surface area contributed by atoms with Gasteiger partial charge >= 0.3 is 29.8 Å². The van der Waals surface area contributed by atoms with Gasteiger partial charge in [0.15, 0.2) is 12.2 Å². The van der Waals surface area contributed by atoms with Gasteiger partial charge < -0.3 is 33.2 Å². The quantitative estimate of drug-likeness (QED) is 0.326. The van der Waals surface area contributed by atoms with Crippen LogP contribution in [0.2, 0.25) is 0 Å². The number of benzene rings is 2. The number of ether oxygens (including phenoxy) is 7. The summed E-state index contributed by atoms with van der Waals surface area (Å²) in [5.74, 6) is -4.51. The van der Waals surface area contributed by atoms with Crippen LogP contribution < -0.4 is 4.74 Å². The summed E-state index contributed by atoms with van der Waals surface area (Å²) in [6.45, 7) is -3.89. The predicted molar refractivity (Wildman–Crippen MR) is 136 cm³/mol. The number of carbonyl (C=O) groups is 5. The first-order valence-corrected chi connectivity index (χ1v) is 11.7. The summed E-state index contributed by atoms with van der Waals surface area (Å²) in [5, 5.41) is 0. The SMILES string of the molecule is [2H]CC(=O)OC[C@H]1OC(Oc2ccc(-c3ccc(C(=O)OC)cc3)cc2)[C@@H](OC(=O)C[2H])[C@@H](OC(=O)C[2H])[C@@H]1OC(=O)C[2H]. The molecule has 3 rings (SSSR count).